The Hall–Kier alpha value is -0.480. The summed E-state index contributed by atoms with van der Waals surface area (Å²) in [7, 11) is -2.86. The molecule has 2 N–H and O–H groups in total. The summed E-state index contributed by atoms with van der Waals surface area (Å²) in [5.74, 6) is -0.864. The Balaban J connectivity index is 3.10. The number of carbonyl (C=O) groups excluding carboxylic acids is 1. The normalized spacial score (nSPS) is 13.1. The van der Waals surface area contributed by atoms with Gasteiger partial charge >= 0.3 is 5.97 Å². The summed E-state index contributed by atoms with van der Waals surface area (Å²) in [6, 6.07) is 3.23. The summed E-state index contributed by atoms with van der Waals surface area (Å²) in [6.45, 7) is -0.697. The number of rotatable bonds is 5. The summed E-state index contributed by atoms with van der Waals surface area (Å²) in [4.78, 5) is 11.2. The fourth-order valence-electron chi connectivity index (χ4n) is 1.24. The zero-order valence-electron chi connectivity index (χ0n) is 9.76. The first-order valence-corrected chi connectivity index (χ1v) is 8.05. The second-order valence-corrected chi connectivity index (χ2v) is 6.91. The van der Waals surface area contributed by atoms with Gasteiger partial charge in [-0.3, -0.25) is 4.79 Å². The zero-order valence-corrected chi connectivity index (χ0v) is 13.7. The monoisotopic (exact) mass is 415 g/mol. The van der Waals surface area contributed by atoms with Crippen LogP contribution in [0.3, 0.4) is 0 Å². The van der Waals surface area contributed by atoms with E-state index >= 15 is 0 Å². The lowest BCUT2D eigenvalue weighted by atomic mass is 10.3. The molecule has 0 radical (unpaired) electrons. The molecule has 19 heavy (non-hydrogen) atoms. The molecule has 106 valence electrons. The number of aliphatic hydroxyl groups excluding tert-OH is 1. The Morgan fingerprint density at radius 2 is 2.11 bits per heavy atom. The molecule has 0 spiro atoms. The fraction of sp³-hybridized carbons (Fsp3) is 0.300. The van der Waals surface area contributed by atoms with Crippen LogP contribution in [0.2, 0.25) is 0 Å². The largest absolute Gasteiger partial charge is 0.468 e. The highest BCUT2D eigenvalue weighted by molar-refractivity contribution is 9.11. The fourth-order valence-corrected chi connectivity index (χ4v) is 3.91. The number of sulfonamides is 1. The van der Waals surface area contributed by atoms with Crippen LogP contribution in [0.25, 0.3) is 0 Å². The molecule has 0 heterocycles. The van der Waals surface area contributed by atoms with Crippen LogP contribution in [-0.4, -0.2) is 39.3 Å². The third kappa shape index (κ3) is 4.25. The first kappa shape index (κ1) is 16.6. The highest BCUT2D eigenvalue weighted by Gasteiger charge is 2.27. The molecule has 0 saturated heterocycles. The summed E-state index contributed by atoms with van der Waals surface area (Å²) in [5.41, 5.74) is 0. The number of ether oxygens (including phenoxy) is 1. The lowest BCUT2D eigenvalue weighted by molar-refractivity contribution is -0.143. The van der Waals surface area contributed by atoms with Crippen LogP contribution >= 0.6 is 31.9 Å². The second kappa shape index (κ2) is 6.80. The summed E-state index contributed by atoms with van der Waals surface area (Å²) >= 11 is 6.27. The predicted octanol–water partition coefficient (Wildman–Crippen LogP) is 1.02. The van der Waals surface area contributed by atoms with Gasteiger partial charge in [-0.1, -0.05) is 15.9 Å². The van der Waals surface area contributed by atoms with E-state index in [1.54, 1.807) is 12.1 Å². The maximum atomic E-state index is 12.1. The van der Waals surface area contributed by atoms with Crippen LogP contribution in [0.4, 0.5) is 0 Å². The number of carbonyl (C=O) groups is 1. The smallest absolute Gasteiger partial charge is 0.326 e. The number of esters is 1. The average Bonchev–Trinajstić information content (AvgIpc) is 2.37. The number of hydrogen-bond donors (Lipinski definition) is 2. The van der Waals surface area contributed by atoms with Crippen molar-refractivity contribution in [2.45, 2.75) is 10.9 Å². The Morgan fingerprint density at radius 3 is 2.63 bits per heavy atom. The molecule has 0 aliphatic carbocycles. The van der Waals surface area contributed by atoms with E-state index in [0.717, 1.165) is 7.11 Å². The Labute approximate surface area is 127 Å². The molecule has 9 heteroatoms. The maximum Gasteiger partial charge on any atom is 0.326 e. The van der Waals surface area contributed by atoms with Gasteiger partial charge < -0.3 is 9.84 Å². The molecule has 0 aliphatic heterocycles. The first-order chi connectivity index (χ1) is 8.81. The van der Waals surface area contributed by atoms with Crippen LogP contribution in [-0.2, 0) is 19.6 Å². The number of aliphatic hydroxyl groups is 1. The van der Waals surface area contributed by atoms with Crippen molar-refractivity contribution in [3.63, 3.8) is 0 Å². The standard InChI is InChI=1S/C10H11Br2NO5S/c1-18-10(15)8(5-14)13-19(16,17)9-4-6(11)2-3-7(9)12/h2-4,8,13-14H,5H2,1H3/t8-/m1/s1. The van der Waals surface area contributed by atoms with Crippen molar-refractivity contribution in [1.82, 2.24) is 4.72 Å². The molecule has 0 fully saturated rings. The Morgan fingerprint density at radius 1 is 1.47 bits per heavy atom. The molecule has 1 atom stereocenters. The molecule has 0 amide bonds. The Bertz CT molecular complexity index is 575. The van der Waals surface area contributed by atoms with Gasteiger partial charge in [0.2, 0.25) is 10.0 Å². The lowest BCUT2D eigenvalue weighted by Gasteiger charge is -2.15. The molecule has 0 bridgehead atoms. The van der Waals surface area contributed by atoms with E-state index in [1.165, 1.54) is 6.07 Å². The quantitative estimate of drug-likeness (QED) is 0.699. The molecule has 1 aromatic rings. The number of nitrogens with one attached hydrogen (secondary N) is 1. The molecule has 6 nitrogen and oxygen atoms in total. The van der Waals surface area contributed by atoms with Crippen molar-refractivity contribution in [3.8, 4) is 0 Å². The van der Waals surface area contributed by atoms with Gasteiger partial charge in [0.25, 0.3) is 0 Å². The second-order valence-electron chi connectivity index (χ2n) is 3.45. The molecular weight excluding hydrogens is 406 g/mol. The number of methoxy groups -OCH3 is 1. The minimum absolute atomic E-state index is 0.0516. The Kier molecular flexibility index (Phi) is 5.93. The van der Waals surface area contributed by atoms with Crippen LogP contribution < -0.4 is 4.72 Å². The van der Waals surface area contributed by atoms with Gasteiger partial charge in [-0.2, -0.15) is 4.72 Å². The van der Waals surface area contributed by atoms with E-state index in [2.05, 4.69) is 41.3 Å². The average molecular weight is 417 g/mol. The highest BCUT2D eigenvalue weighted by Crippen LogP contribution is 2.25. The van der Waals surface area contributed by atoms with Crippen LogP contribution in [0.15, 0.2) is 32.0 Å². The van der Waals surface area contributed by atoms with E-state index in [0.29, 0.717) is 8.95 Å². The maximum absolute atomic E-state index is 12.1. The first-order valence-electron chi connectivity index (χ1n) is 4.98. The van der Waals surface area contributed by atoms with Gasteiger partial charge in [-0.15, -0.1) is 0 Å². The lowest BCUT2D eigenvalue weighted by Crippen LogP contribution is -2.44. The van der Waals surface area contributed by atoms with Crippen molar-refractivity contribution in [1.29, 1.82) is 0 Å². The molecule has 1 aromatic carbocycles. The third-order valence-electron chi connectivity index (χ3n) is 2.15. The van der Waals surface area contributed by atoms with E-state index in [9.17, 15) is 13.2 Å². The predicted molar refractivity (Wildman–Crippen MR) is 75.1 cm³/mol. The zero-order chi connectivity index (χ0) is 14.6. The minimum Gasteiger partial charge on any atom is -0.468 e. The van der Waals surface area contributed by atoms with E-state index < -0.39 is 28.6 Å². The van der Waals surface area contributed by atoms with Gasteiger partial charge in [0.05, 0.1) is 18.6 Å². The molecule has 0 aromatic heterocycles. The van der Waals surface area contributed by atoms with Crippen molar-refractivity contribution in [2.75, 3.05) is 13.7 Å². The van der Waals surface area contributed by atoms with Gasteiger partial charge in [0.15, 0.2) is 0 Å². The van der Waals surface area contributed by atoms with E-state index in [4.69, 9.17) is 5.11 Å². The van der Waals surface area contributed by atoms with Crippen molar-refractivity contribution in [3.05, 3.63) is 27.1 Å². The van der Waals surface area contributed by atoms with Gasteiger partial charge in [0.1, 0.15) is 6.04 Å². The van der Waals surface area contributed by atoms with Crippen LogP contribution in [0, 0.1) is 0 Å². The number of hydrogen-bond acceptors (Lipinski definition) is 5. The van der Waals surface area contributed by atoms with Crippen molar-refractivity contribution >= 4 is 47.9 Å². The summed E-state index contributed by atoms with van der Waals surface area (Å²) in [6.07, 6.45) is 0. The summed E-state index contributed by atoms with van der Waals surface area (Å²) in [5, 5.41) is 9.01. The molecule has 0 saturated carbocycles. The van der Waals surface area contributed by atoms with E-state index in [-0.39, 0.29) is 4.90 Å². The van der Waals surface area contributed by atoms with Gasteiger partial charge in [-0.05, 0) is 34.1 Å². The number of halogens is 2. The van der Waals surface area contributed by atoms with Crippen LogP contribution in [0.1, 0.15) is 0 Å². The van der Waals surface area contributed by atoms with Crippen molar-refractivity contribution in [2.24, 2.45) is 0 Å². The summed E-state index contributed by atoms with van der Waals surface area (Å²) < 4.78 is 31.6. The van der Waals surface area contributed by atoms with Gasteiger partial charge in [0, 0.05) is 8.95 Å². The van der Waals surface area contributed by atoms with Crippen molar-refractivity contribution < 1.29 is 23.1 Å². The van der Waals surface area contributed by atoms with Crippen LogP contribution in [0.5, 0.6) is 0 Å². The molecule has 0 unspecified atom stereocenters. The van der Waals surface area contributed by atoms with E-state index in [1.807, 2.05) is 0 Å². The van der Waals surface area contributed by atoms with Gasteiger partial charge in [-0.25, -0.2) is 8.42 Å². The third-order valence-corrected chi connectivity index (χ3v) is 5.11. The topological polar surface area (TPSA) is 92.7 Å². The minimum atomic E-state index is -3.97. The highest BCUT2D eigenvalue weighted by atomic mass is 79.9. The number of benzene rings is 1. The molecular formula is C10H11Br2NO5S. The SMILES string of the molecule is COC(=O)[C@@H](CO)NS(=O)(=O)c1cc(Br)ccc1Br. The molecule has 1 rings (SSSR count). The molecule has 0 aliphatic rings.